The average molecular weight is 399 g/mol. The molecule has 0 aliphatic carbocycles. The number of aromatic nitrogens is 4. The number of benzene rings is 2. The van der Waals surface area contributed by atoms with Gasteiger partial charge in [0.1, 0.15) is 23.9 Å². The van der Waals surface area contributed by atoms with Gasteiger partial charge >= 0.3 is 0 Å². The lowest BCUT2D eigenvalue weighted by molar-refractivity contribution is 0.339. The second-order valence-corrected chi connectivity index (χ2v) is 7.16. The molecule has 0 spiro atoms. The van der Waals surface area contributed by atoms with Crippen LogP contribution in [0.25, 0.3) is 16.9 Å². The summed E-state index contributed by atoms with van der Waals surface area (Å²) in [6.45, 7) is 2.54. The van der Waals surface area contributed by atoms with E-state index in [2.05, 4.69) is 26.6 Å². The summed E-state index contributed by atoms with van der Waals surface area (Å²) in [7, 11) is 1.66. The van der Waals surface area contributed by atoms with Gasteiger partial charge in [-0.25, -0.2) is 4.98 Å². The molecular formula is C23H21N5O2. The van der Waals surface area contributed by atoms with Crippen LogP contribution < -0.4 is 14.8 Å². The molecule has 7 nitrogen and oxygen atoms in total. The fourth-order valence-corrected chi connectivity index (χ4v) is 3.63. The Morgan fingerprint density at radius 1 is 1.10 bits per heavy atom. The molecule has 0 radical (unpaired) electrons. The van der Waals surface area contributed by atoms with E-state index in [9.17, 15) is 0 Å². The van der Waals surface area contributed by atoms with Crippen molar-refractivity contribution in [3.63, 3.8) is 0 Å². The third kappa shape index (κ3) is 3.34. The van der Waals surface area contributed by atoms with Gasteiger partial charge in [0.05, 0.1) is 36.6 Å². The largest absolute Gasteiger partial charge is 0.495 e. The van der Waals surface area contributed by atoms with Gasteiger partial charge < -0.3 is 19.4 Å². The minimum Gasteiger partial charge on any atom is -0.495 e. The first kappa shape index (κ1) is 18.2. The molecule has 0 saturated heterocycles. The van der Waals surface area contributed by atoms with Crippen LogP contribution in [0.2, 0.25) is 0 Å². The van der Waals surface area contributed by atoms with E-state index < -0.39 is 0 Å². The van der Waals surface area contributed by atoms with E-state index in [-0.39, 0.29) is 6.04 Å². The summed E-state index contributed by atoms with van der Waals surface area (Å²) in [5.74, 6) is 2.37. The quantitative estimate of drug-likeness (QED) is 0.542. The van der Waals surface area contributed by atoms with Crippen molar-refractivity contribution < 1.29 is 9.47 Å². The minimum atomic E-state index is 0.0689. The Morgan fingerprint density at radius 2 is 2.00 bits per heavy atom. The number of imidazole rings is 1. The van der Waals surface area contributed by atoms with Crippen molar-refractivity contribution in [3.05, 3.63) is 78.4 Å². The lowest BCUT2D eigenvalue weighted by Gasteiger charge is -2.13. The van der Waals surface area contributed by atoms with Gasteiger partial charge in [-0.1, -0.05) is 24.3 Å². The molecule has 1 aliphatic rings. The highest BCUT2D eigenvalue weighted by Crippen LogP contribution is 2.34. The van der Waals surface area contributed by atoms with E-state index in [1.165, 1.54) is 0 Å². The number of nitrogens with one attached hydrogen (secondary N) is 1. The van der Waals surface area contributed by atoms with Crippen LogP contribution in [0.3, 0.4) is 0 Å². The molecule has 1 N–H and O–H groups in total. The van der Waals surface area contributed by atoms with Crippen LogP contribution in [-0.2, 0) is 0 Å². The molecule has 150 valence electrons. The van der Waals surface area contributed by atoms with E-state index in [1.807, 2.05) is 66.2 Å². The number of hydrogen-bond donors (Lipinski definition) is 1. The van der Waals surface area contributed by atoms with Crippen molar-refractivity contribution >= 4 is 5.82 Å². The summed E-state index contributed by atoms with van der Waals surface area (Å²) in [5, 5.41) is 12.2. The van der Waals surface area contributed by atoms with Crippen molar-refractivity contribution in [2.45, 2.75) is 13.0 Å². The number of nitrogens with zero attached hydrogens (tertiary/aromatic N) is 4. The van der Waals surface area contributed by atoms with E-state index >= 15 is 0 Å². The Hall–Kier alpha value is -3.87. The number of fused-ring (bicyclic) bond motifs is 1. The fraction of sp³-hybridized carbons (Fsp3) is 0.174. The van der Waals surface area contributed by atoms with Gasteiger partial charge in [0, 0.05) is 17.3 Å². The number of methoxy groups -OCH3 is 1. The summed E-state index contributed by atoms with van der Waals surface area (Å²) < 4.78 is 13.3. The van der Waals surface area contributed by atoms with Gasteiger partial charge in [-0.2, -0.15) is 0 Å². The monoisotopic (exact) mass is 399 g/mol. The standard InChI is InChI=1S/C23H21N5O2/c1-15-12-28(14-24-15)20-9-7-16(11-22(20)29-2)18-8-10-23(27-26-18)25-19-13-30-21-6-4-3-5-17(19)21/h3-12,14,19H,13H2,1-2H3,(H,25,27). The number of aryl methyl sites for hydroxylation is 1. The van der Waals surface area contributed by atoms with Gasteiger partial charge in [0.2, 0.25) is 0 Å². The summed E-state index contributed by atoms with van der Waals surface area (Å²) in [6.07, 6.45) is 3.74. The first-order valence-corrected chi connectivity index (χ1v) is 9.72. The van der Waals surface area contributed by atoms with Crippen LogP contribution in [0.5, 0.6) is 11.5 Å². The SMILES string of the molecule is COc1cc(-c2ccc(NC3COc4ccccc43)nn2)ccc1-n1cnc(C)c1. The molecule has 0 bridgehead atoms. The second kappa shape index (κ2) is 7.51. The zero-order valence-corrected chi connectivity index (χ0v) is 16.7. The molecule has 30 heavy (non-hydrogen) atoms. The Bertz CT molecular complexity index is 1190. The molecule has 1 unspecified atom stereocenters. The maximum atomic E-state index is 5.72. The average Bonchev–Trinajstić information content (AvgIpc) is 3.40. The van der Waals surface area contributed by atoms with Gasteiger partial charge in [0.25, 0.3) is 0 Å². The van der Waals surface area contributed by atoms with Crippen LogP contribution in [0.4, 0.5) is 5.82 Å². The van der Waals surface area contributed by atoms with Gasteiger partial charge in [-0.15, -0.1) is 10.2 Å². The predicted molar refractivity (Wildman–Crippen MR) is 114 cm³/mol. The zero-order valence-electron chi connectivity index (χ0n) is 16.7. The Balaban J connectivity index is 1.37. The molecule has 0 saturated carbocycles. The molecular weight excluding hydrogens is 378 g/mol. The van der Waals surface area contributed by atoms with Crippen molar-refractivity contribution in [2.75, 3.05) is 19.0 Å². The van der Waals surface area contributed by atoms with E-state index in [0.29, 0.717) is 12.4 Å². The number of para-hydroxylation sites is 1. The van der Waals surface area contributed by atoms with Crippen molar-refractivity contribution in [2.24, 2.45) is 0 Å². The van der Waals surface area contributed by atoms with Gasteiger partial charge in [0.15, 0.2) is 0 Å². The van der Waals surface area contributed by atoms with Crippen LogP contribution in [0.1, 0.15) is 17.3 Å². The smallest absolute Gasteiger partial charge is 0.149 e. The highest BCUT2D eigenvalue weighted by atomic mass is 16.5. The van der Waals surface area contributed by atoms with E-state index in [4.69, 9.17) is 9.47 Å². The molecule has 0 fully saturated rings. The normalized spacial score (nSPS) is 14.8. The van der Waals surface area contributed by atoms with Crippen LogP contribution in [0.15, 0.2) is 67.1 Å². The van der Waals surface area contributed by atoms with Crippen LogP contribution >= 0.6 is 0 Å². The molecule has 0 amide bonds. The molecule has 5 rings (SSSR count). The predicted octanol–water partition coefficient (Wildman–Crippen LogP) is 4.19. The molecule has 1 atom stereocenters. The third-order valence-electron chi connectivity index (χ3n) is 5.15. The van der Waals surface area contributed by atoms with Crippen molar-refractivity contribution in [1.82, 2.24) is 19.7 Å². The third-order valence-corrected chi connectivity index (χ3v) is 5.15. The van der Waals surface area contributed by atoms with Crippen molar-refractivity contribution in [1.29, 1.82) is 0 Å². The first-order chi connectivity index (χ1) is 14.7. The summed E-state index contributed by atoms with van der Waals surface area (Å²) in [4.78, 5) is 4.28. The maximum absolute atomic E-state index is 5.72. The van der Waals surface area contributed by atoms with Crippen LogP contribution in [0, 0.1) is 6.92 Å². The highest BCUT2D eigenvalue weighted by molar-refractivity contribution is 5.66. The van der Waals surface area contributed by atoms with E-state index in [1.54, 1.807) is 13.4 Å². The summed E-state index contributed by atoms with van der Waals surface area (Å²) in [6, 6.07) is 18.0. The Kier molecular flexibility index (Phi) is 4.55. The Morgan fingerprint density at radius 3 is 2.77 bits per heavy atom. The van der Waals surface area contributed by atoms with E-state index in [0.717, 1.165) is 39.7 Å². The lowest BCUT2D eigenvalue weighted by atomic mass is 10.1. The maximum Gasteiger partial charge on any atom is 0.149 e. The number of rotatable bonds is 5. The molecule has 2 aromatic heterocycles. The topological polar surface area (TPSA) is 74.1 Å². The second-order valence-electron chi connectivity index (χ2n) is 7.16. The zero-order chi connectivity index (χ0) is 20.5. The number of hydrogen-bond acceptors (Lipinski definition) is 6. The lowest BCUT2D eigenvalue weighted by Crippen LogP contribution is -2.13. The van der Waals surface area contributed by atoms with Gasteiger partial charge in [-0.3, -0.25) is 0 Å². The molecule has 1 aliphatic heterocycles. The number of ether oxygens (including phenoxy) is 2. The van der Waals surface area contributed by atoms with Crippen LogP contribution in [-0.4, -0.2) is 33.5 Å². The Labute approximate surface area is 174 Å². The van der Waals surface area contributed by atoms with Gasteiger partial charge in [-0.05, 0) is 37.3 Å². The summed E-state index contributed by atoms with van der Waals surface area (Å²) >= 11 is 0. The van der Waals surface area contributed by atoms with Crippen molar-refractivity contribution in [3.8, 4) is 28.4 Å². The summed E-state index contributed by atoms with van der Waals surface area (Å²) in [5.41, 5.74) is 4.72. The fourth-order valence-electron chi connectivity index (χ4n) is 3.63. The molecule has 2 aromatic carbocycles. The number of anilines is 1. The highest BCUT2D eigenvalue weighted by Gasteiger charge is 2.23. The molecule has 7 heteroatoms. The molecule has 3 heterocycles. The first-order valence-electron chi connectivity index (χ1n) is 9.72. The minimum absolute atomic E-state index is 0.0689. The molecule has 4 aromatic rings.